The molecule has 0 fully saturated rings. The lowest BCUT2D eigenvalue weighted by Gasteiger charge is -2.03. The summed E-state index contributed by atoms with van der Waals surface area (Å²) in [5, 5.41) is 3.98. The van der Waals surface area contributed by atoms with E-state index in [1.54, 1.807) is 0 Å². The number of benzene rings is 1. The molecule has 0 radical (unpaired) electrons. The second kappa shape index (κ2) is 2.90. The van der Waals surface area contributed by atoms with Crippen LogP contribution in [0.3, 0.4) is 0 Å². The highest BCUT2D eigenvalue weighted by atomic mass is 15.0. The Morgan fingerprint density at radius 1 is 1.31 bits per heavy atom. The Morgan fingerprint density at radius 2 is 2.15 bits per heavy atom. The van der Waals surface area contributed by atoms with Crippen LogP contribution in [0.25, 0.3) is 10.9 Å². The van der Waals surface area contributed by atoms with Crippen LogP contribution in [-0.4, -0.2) is 17.0 Å². The van der Waals surface area contributed by atoms with Crippen molar-refractivity contribution >= 4 is 22.4 Å². The monoisotopic (exact) mass is 174 g/mol. The topological polar surface area (TPSA) is 63.8 Å². The van der Waals surface area contributed by atoms with Gasteiger partial charge in [-0.2, -0.15) is 0 Å². The van der Waals surface area contributed by atoms with Crippen molar-refractivity contribution in [2.45, 2.75) is 0 Å². The van der Waals surface area contributed by atoms with Crippen LogP contribution in [0.5, 0.6) is 0 Å². The molecule has 0 amide bonds. The summed E-state index contributed by atoms with van der Waals surface area (Å²) in [5.41, 5.74) is 7.21. The van der Waals surface area contributed by atoms with Crippen molar-refractivity contribution in [3.8, 4) is 0 Å². The smallest absolute Gasteiger partial charge is 0.137 e. The summed E-state index contributed by atoms with van der Waals surface area (Å²) in [6.45, 7) is 0. The maximum atomic E-state index is 5.63. The second-order valence-electron chi connectivity index (χ2n) is 2.75. The van der Waals surface area contributed by atoms with Crippen LogP contribution < -0.4 is 11.1 Å². The number of nitrogens with zero attached hydrogens (tertiary/aromatic N) is 2. The number of nitrogens with two attached hydrogens (primary N) is 1. The van der Waals surface area contributed by atoms with Gasteiger partial charge in [-0.1, -0.05) is 0 Å². The maximum Gasteiger partial charge on any atom is 0.137 e. The Kier molecular flexibility index (Phi) is 1.73. The molecule has 2 rings (SSSR count). The van der Waals surface area contributed by atoms with Crippen molar-refractivity contribution in [3.63, 3.8) is 0 Å². The SMILES string of the molecule is CNc1ncnc2cc(N)ccc12. The molecule has 0 bridgehead atoms. The summed E-state index contributed by atoms with van der Waals surface area (Å²) < 4.78 is 0. The van der Waals surface area contributed by atoms with Crippen LogP contribution in [0.4, 0.5) is 11.5 Å². The number of nitrogen functional groups attached to an aromatic ring is 1. The van der Waals surface area contributed by atoms with Crippen LogP contribution in [0.1, 0.15) is 0 Å². The predicted molar refractivity (Wildman–Crippen MR) is 53.5 cm³/mol. The highest BCUT2D eigenvalue weighted by Crippen LogP contribution is 2.20. The molecule has 1 heterocycles. The fourth-order valence-electron chi connectivity index (χ4n) is 1.27. The third-order valence-electron chi connectivity index (χ3n) is 1.90. The Bertz CT molecular complexity index is 439. The first-order valence-electron chi connectivity index (χ1n) is 3.99. The number of hydrogen-bond acceptors (Lipinski definition) is 4. The van der Waals surface area contributed by atoms with E-state index in [4.69, 9.17) is 5.73 Å². The molecule has 0 aliphatic heterocycles. The first kappa shape index (κ1) is 7.79. The van der Waals surface area contributed by atoms with Gasteiger partial charge in [-0.3, -0.25) is 0 Å². The van der Waals surface area contributed by atoms with Crippen LogP contribution in [0.2, 0.25) is 0 Å². The molecule has 13 heavy (non-hydrogen) atoms. The van der Waals surface area contributed by atoms with Gasteiger partial charge in [0.1, 0.15) is 12.1 Å². The maximum absolute atomic E-state index is 5.63. The molecule has 1 aromatic heterocycles. The van der Waals surface area contributed by atoms with E-state index in [0.717, 1.165) is 16.7 Å². The van der Waals surface area contributed by atoms with Crippen molar-refractivity contribution in [3.05, 3.63) is 24.5 Å². The van der Waals surface area contributed by atoms with Crippen molar-refractivity contribution in [2.75, 3.05) is 18.1 Å². The van der Waals surface area contributed by atoms with Gasteiger partial charge in [-0.05, 0) is 18.2 Å². The Hall–Kier alpha value is -1.84. The Labute approximate surface area is 75.8 Å². The van der Waals surface area contributed by atoms with E-state index in [1.165, 1.54) is 6.33 Å². The minimum atomic E-state index is 0.716. The van der Waals surface area contributed by atoms with E-state index in [0.29, 0.717) is 5.69 Å². The minimum Gasteiger partial charge on any atom is -0.399 e. The van der Waals surface area contributed by atoms with Gasteiger partial charge in [-0.25, -0.2) is 9.97 Å². The Morgan fingerprint density at radius 3 is 2.92 bits per heavy atom. The minimum absolute atomic E-state index is 0.716. The second-order valence-corrected chi connectivity index (χ2v) is 2.75. The number of aromatic nitrogens is 2. The summed E-state index contributed by atoms with van der Waals surface area (Å²) in [6, 6.07) is 5.58. The molecule has 0 spiro atoms. The first-order chi connectivity index (χ1) is 6.31. The predicted octanol–water partition coefficient (Wildman–Crippen LogP) is 1.25. The molecule has 4 nitrogen and oxygen atoms in total. The quantitative estimate of drug-likeness (QED) is 0.639. The zero-order chi connectivity index (χ0) is 9.26. The zero-order valence-electron chi connectivity index (χ0n) is 7.28. The van der Waals surface area contributed by atoms with E-state index in [2.05, 4.69) is 15.3 Å². The lowest BCUT2D eigenvalue weighted by molar-refractivity contribution is 1.21. The molecule has 0 aliphatic rings. The highest BCUT2D eigenvalue weighted by molar-refractivity contribution is 5.90. The fraction of sp³-hybridized carbons (Fsp3) is 0.111. The van der Waals surface area contributed by atoms with Gasteiger partial charge in [0, 0.05) is 18.1 Å². The number of rotatable bonds is 1. The van der Waals surface area contributed by atoms with E-state index in [9.17, 15) is 0 Å². The van der Waals surface area contributed by atoms with Gasteiger partial charge in [0.05, 0.1) is 5.52 Å². The molecule has 2 aromatic rings. The van der Waals surface area contributed by atoms with E-state index in [1.807, 2.05) is 25.2 Å². The molecule has 0 aliphatic carbocycles. The fourth-order valence-corrected chi connectivity index (χ4v) is 1.27. The third-order valence-corrected chi connectivity index (χ3v) is 1.90. The molecule has 66 valence electrons. The van der Waals surface area contributed by atoms with Gasteiger partial charge in [0.25, 0.3) is 0 Å². The molecule has 4 heteroatoms. The van der Waals surface area contributed by atoms with Gasteiger partial charge >= 0.3 is 0 Å². The first-order valence-corrected chi connectivity index (χ1v) is 3.99. The molecular weight excluding hydrogens is 164 g/mol. The van der Waals surface area contributed by atoms with Gasteiger partial charge in [0.2, 0.25) is 0 Å². The van der Waals surface area contributed by atoms with Crippen molar-refractivity contribution in [2.24, 2.45) is 0 Å². The number of nitrogens with one attached hydrogen (secondary N) is 1. The summed E-state index contributed by atoms with van der Waals surface area (Å²) in [7, 11) is 1.83. The van der Waals surface area contributed by atoms with Gasteiger partial charge in [0.15, 0.2) is 0 Å². The molecule has 0 atom stereocenters. The molecule has 3 N–H and O–H groups in total. The number of anilines is 2. The largest absolute Gasteiger partial charge is 0.399 e. The average molecular weight is 174 g/mol. The summed E-state index contributed by atoms with van der Waals surface area (Å²) in [6.07, 6.45) is 1.52. The summed E-state index contributed by atoms with van der Waals surface area (Å²) >= 11 is 0. The van der Waals surface area contributed by atoms with Crippen molar-refractivity contribution in [1.29, 1.82) is 0 Å². The average Bonchev–Trinajstić information content (AvgIpc) is 2.16. The standard InChI is InChI=1S/C9H10N4/c1-11-9-7-3-2-6(10)4-8(7)12-5-13-9/h2-5H,10H2,1H3,(H,11,12,13). The molecule has 0 saturated heterocycles. The summed E-state index contributed by atoms with van der Waals surface area (Å²) in [5.74, 6) is 0.824. The molecule has 0 unspecified atom stereocenters. The van der Waals surface area contributed by atoms with Crippen LogP contribution >= 0.6 is 0 Å². The van der Waals surface area contributed by atoms with E-state index >= 15 is 0 Å². The normalized spacial score (nSPS) is 10.2. The summed E-state index contributed by atoms with van der Waals surface area (Å²) in [4.78, 5) is 8.21. The van der Waals surface area contributed by atoms with Crippen molar-refractivity contribution in [1.82, 2.24) is 9.97 Å². The van der Waals surface area contributed by atoms with Crippen LogP contribution in [0, 0.1) is 0 Å². The highest BCUT2D eigenvalue weighted by Gasteiger charge is 2.00. The zero-order valence-corrected chi connectivity index (χ0v) is 7.28. The molecule has 0 saturated carbocycles. The van der Waals surface area contributed by atoms with E-state index in [-0.39, 0.29) is 0 Å². The lowest BCUT2D eigenvalue weighted by atomic mass is 10.2. The molecule has 1 aromatic carbocycles. The Balaban J connectivity index is 2.77. The lowest BCUT2D eigenvalue weighted by Crippen LogP contribution is -1.95. The van der Waals surface area contributed by atoms with Crippen molar-refractivity contribution < 1.29 is 0 Å². The van der Waals surface area contributed by atoms with Crippen LogP contribution in [-0.2, 0) is 0 Å². The number of fused-ring (bicyclic) bond motifs is 1. The number of hydrogen-bond donors (Lipinski definition) is 2. The van der Waals surface area contributed by atoms with Crippen LogP contribution in [0.15, 0.2) is 24.5 Å². The third kappa shape index (κ3) is 1.26. The molecular formula is C9H10N4. The van der Waals surface area contributed by atoms with E-state index < -0.39 is 0 Å². The van der Waals surface area contributed by atoms with Gasteiger partial charge < -0.3 is 11.1 Å². The van der Waals surface area contributed by atoms with Gasteiger partial charge in [-0.15, -0.1) is 0 Å².